The second kappa shape index (κ2) is 6.50. The van der Waals surface area contributed by atoms with Crippen LogP contribution in [0, 0.1) is 0 Å². The molecule has 1 aromatic heterocycles. The van der Waals surface area contributed by atoms with Gasteiger partial charge in [0.05, 0.1) is 13.5 Å². The van der Waals surface area contributed by atoms with Crippen molar-refractivity contribution in [1.82, 2.24) is 9.88 Å². The van der Waals surface area contributed by atoms with E-state index < -0.39 is 0 Å². The average molecular weight is 248 g/mol. The minimum atomic E-state index is -0.110. The summed E-state index contributed by atoms with van der Waals surface area (Å²) in [4.78, 5) is 17.8. The number of methoxy groups -OCH3 is 1. The van der Waals surface area contributed by atoms with E-state index in [2.05, 4.69) is 9.88 Å². The fourth-order valence-electron chi connectivity index (χ4n) is 2.50. The van der Waals surface area contributed by atoms with E-state index in [4.69, 9.17) is 4.74 Å². The molecule has 0 radical (unpaired) electrons. The van der Waals surface area contributed by atoms with Crippen molar-refractivity contribution in [1.29, 1.82) is 0 Å². The lowest BCUT2D eigenvalue weighted by molar-refractivity contribution is -0.142. The van der Waals surface area contributed by atoms with E-state index in [1.807, 2.05) is 24.5 Å². The van der Waals surface area contributed by atoms with Crippen molar-refractivity contribution in [2.75, 3.05) is 13.7 Å². The van der Waals surface area contributed by atoms with Gasteiger partial charge in [0, 0.05) is 25.0 Å². The Balaban J connectivity index is 1.97. The summed E-state index contributed by atoms with van der Waals surface area (Å²) < 4.78 is 4.78. The Labute approximate surface area is 108 Å². The smallest absolute Gasteiger partial charge is 0.307 e. The topological polar surface area (TPSA) is 42.4 Å². The maximum Gasteiger partial charge on any atom is 0.307 e. The molecule has 1 aliphatic heterocycles. The molecular formula is C14H20N2O2. The highest BCUT2D eigenvalue weighted by molar-refractivity contribution is 5.69. The van der Waals surface area contributed by atoms with E-state index in [0.29, 0.717) is 12.5 Å². The highest BCUT2D eigenvalue weighted by atomic mass is 16.5. The lowest BCUT2D eigenvalue weighted by atomic mass is 9.98. The summed E-state index contributed by atoms with van der Waals surface area (Å²) in [5.74, 6) is -0.110. The van der Waals surface area contributed by atoms with Crippen molar-refractivity contribution >= 4 is 5.97 Å². The van der Waals surface area contributed by atoms with Gasteiger partial charge >= 0.3 is 5.97 Å². The zero-order chi connectivity index (χ0) is 12.8. The molecule has 1 fully saturated rings. The molecule has 1 unspecified atom stereocenters. The second-order valence-electron chi connectivity index (χ2n) is 4.76. The van der Waals surface area contributed by atoms with Gasteiger partial charge in [-0.25, -0.2) is 0 Å². The summed E-state index contributed by atoms with van der Waals surface area (Å²) in [5.41, 5.74) is 1.25. The molecule has 0 N–H and O–H groups in total. The van der Waals surface area contributed by atoms with Gasteiger partial charge in [0.2, 0.25) is 0 Å². The number of hydrogen-bond donors (Lipinski definition) is 0. The Morgan fingerprint density at radius 2 is 2.22 bits per heavy atom. The molecular weight excluding hydrogens is 228 g/mol. The highest BCUT2D eigenvalue weighted by Gasteiger charge is 2.24. The largest absolute Gasteiger partial charge is 0.469 e. The quantitative estimate of drug-likeness (QED) is 0.764. The first-order valence-electron chi connectivity index (χ1n) is 6.49. The number of esters is 1. The molecule has 98 valence electrons. The number of carbonyl (C=O) groups excluding carboxylic acids is 1. The van der Waals surface area contributed by atoms with Crippen LogP contribution in [0.3, 0.4) is 0 Å². The van der Waals surface area contributed by atoms with Gasteiger partial charge in [0.25, 0.3) is 0 Å². The van der Waals surface area contributed by atoms with E-state index in [0.717, 1.165) is 19.5 Å². The van der Waals surface area contributed by atoms with Crippen molar-refractivity contribution in [3.63, 3.8) is 0 Å². The Hall–Kier alpha value is -1.42. The number of carbonyl (C=O) groups is 1. The molecule has 1 aromatic rings. The summed E-state index contributed by atoms with van der Waals surface area (Å²) in [5, 5.41) is 0. The number of pyridine rings is 1. The molecule has 0 saturated carbocycles. The van der Waals surface area contributed by atoms with Crippen LogP contribution in [0.15, 0.2) is 24.5 Å². The van der Waals surface area contributed by atoms with Gasteiger partial charge in [-0.1, -0.05) is 6.42 Å². The first-order chi connectivity index (χ1) is 8.79. The van der Waals surface area contributed by atoms with Crippen LogP contribution in [0.1, 0.15) is 31.2 Å². The molecule has 2 rings (SSSR count). The van der Waals surface area contributed by atoms with Crippen LogP contribution < -0.4 is 0 Å². The van der Waals surface area contributed by atoms with Crippen molar-refractivity contribution in [3.05, 3.63) is 30.1 Å². The van der Waals surface area contributed by atoms with Crippen LogP contribution in [-0.2, 0) is 16.1 Å². The Morgan fingerprint density at radius 1 is 1.44 bits per heavy atom. The van der Waals surface area contributed by atoms with E-state index >= 15 is 0 Å². The zero-order valence-electron chi connectivity index (χ0n) is 10.8. The average Bonchev–Trinajstić information content (AvgIpc) is 2.42. The van der Waals surface area contributed by atoms with Crippen molar-refractivity contribution in [2.45, 2.75) is 38.3 Å². The van der Waals surface area contributed by atoms with Crippen molar-refractivity contribution < 1.29 is 9.53 Å². The van der Waals surface area contributed by atoms with Gasteiger partial charge in [-0.3, -0.25) is 14.7 Å². The first kappa shape index (κ1) is 13.0. The molecule has 1 saturated heterocycles. The normalized spacial score (nSPS) is 20.6. The van der Waals surface area contributed by atoms with Gasteiger partial charge in [-0.15, -0.1) is 0 Å². The summed E-state index contributed by atoms with van der Waals surface area (Å²) >= 11 is 0. The maximum absolute atomic E-state index is 11.4. The summed E-state index contributed by atoms with van der Waals surface area (Å²) in [6, 6.07) is 4.38. The predicted molar refractivity (Wildman–Crippen MR) is 68.9 cm³/mol. The van der Waals surface area contributed by atoms with E-state index in [1.165, 1.54) is 25.5 Å². The molecule has 4 heteroatoms. The Morgan fingerprint density at radius 3 is 2.94 bits per heavy atom. The minimum Gasteiger partial charge on any atom is -0.469 e. The van der Waals surface area contributed by atoms with E-state index in [9.17, 15) is 4.79 Å². The standard InChI is InChI=1S/C14H20N2O2/c1-18-14(17)10-13-4-2-3-9-16(13)11-12-5-7-15-8-6-12/h5-8,13H,2-4,9-11H2,1H3. The van der Waals surface area contributed by atoms with Gasteiger partial charge in [0.15, 0.2) is 0 Å². The predicted octanol–water partition coefficient (Wildman–Crippen LogP) is 2.00. The van der Waals surface area contributed by atoms with Gasteiger partial charge in [0.1, 0.15) is 0 Å². The Kier molecular flexibility index (Phi) is 4.70. The summed E-state index contributed by atoms with van der Waals surface area (Å²) in [6.07, 6.45) is 7.63. The minimum absolute atomic E-state index is 0.110. The monoisotopic (exact) mass is 248 g/mol. The van der Waals surface area contributed by atoms with E-state index in [1.54, 1.807) is 0 Å². The molecule has 0 amide bonds. The third-order valence-corrected chi connectivity index (χ3v) is 3.51. The maximum atomic E-state index is 11.4. The number of piperidine rings is 1. The second-order valence-corrected chi connectivity index (χ2v) is 4.76. The number of hydrogen-bond acceptors (Lipinski definition) is 4. The molecule has 2 heterocycles. The molecule has 1 atom stereocenters. The third-order valence-electron chi connectivity index (χ3n) is 3.51. The van der Waals surface area contributed by atoms with Gasteiger partial charge in [-0.2, -0.15) is 0 Å². The number of likely N-dealkylation sites (tertiary alicyclic amines) is 1. The molecule has 0 bridgehead atoms. The number of rotatable bonds is 4. The number of ether oxygens (including phenoxy) is 1. The van der Waals surface area contributed by atoms with Crippen molar-refractivity contribution in [3.8, 4) is 0 Å². The van der Waals surface area contributed by atoms with Crippen LogP contribution >= 0.6 is 0 Å². The molecule has 18 heavy (non-hydrogen) atoms. The fourth-order valence-corrected chi connectivity index (χ4v) is 2.50. The van der Waals surface area contributed by atoms with Crippen LogP contribution in [0.5, 0.6) is 0 Å². The van der Waals surface area contributed by atoms with Crippen LogP contribution in [-0.4, -0.2) is 35.5 Å². The lowest BCUT2D eigenvalue weighted by Crippen LogP contribution is -2.40. The zero-order valence-corrected chi connectivity index (χ0v) is 10.8. The Bertz CT molecular complexity index is 381. The first-order valence-corrected chi connectivity index (χ1v) is 6.49. The van der Waals surface area contributed by atoms with E-state index in [-0.39, 0.29) is 5.97 Å². The molecule has 0 aromatic carbocycles. The van der Waals surface area contributed by atoms with Crippen molar-refractivity contribution in [2.24, 2.45) is 0 Å². The molecule has 1 aliphatic rings. The summed E-state index contributed by atoms with van der Waals surface area (Å²) in [7, 11) is 1.46. The molecule has 0 spiro atoms. The van der Waals surface area contributed by atoms with Crippen LogP contribution in [0.2, 0.25) is 0 Å². The fraction of sp³-hybridized carbons (Fsp3) is 0.571. The van der Waals surface area contributed by atoms with Crippen LogP contribution in [0.25, 0.3) is 0 Å². The highest BCUT2D eigenvalue weighted by Crippen LogP contribution is 2.22. The summed E-state index contributed by atoms with van der Waals surface area (Å²) in [6.45, 7) is 1.95. The number of nitrogens with zero attached hydrogens (tertiary/aromatic N) is 2. The third kappa shape index (κ3) is 3.53. The molecule has 0 aliphatic carbocycles. The molecule has 4 nitrogen and oxygen atoms in total. The van der Waals surface area contributed by atoms with Gasteiger partial charge in [-0.05, 0) is 37.1 Å². The lowest BCUT2D eigenvalue weighted by Gasteiger charge is -2.35. The van der Waals surface area contributed by atoms with Crippen LogP contribution in [0.4, 0.5) is 0 Å². The number of aromatic nitrogens is 1. The van der Waals surface area contributed by atoms with Gasteiger partial charge < -0.3 is 4.74 Å². The SMILES string of the molecule is COC(=O)CC1CCCCN1Cc1ccncc1.